The second-order valence-electron chi connectivity index (χ2n) is 4.83. The molecule has 1 rings (SSSR count). The van der Waals surface area contributed by atoms with Crippen molar-refractivity contribution in [2.75, 3.05) is 6.54 Å². The van der Waals surface area contributed by atoms with Crippen LogP contribution in [0.4, 0.5) is 0 Å². The van der Waals surface area contributed by atoms with E-state index in [4.69, 9.17) is 10.8 Å². The van der Waals surface area contributed by atoms with E-state index in [0.29, 0.717) is 6.42 Å². The number of amides is 2. The predicted molar refractivity (Wildman–Crippen MR) is 59.9 cm³/mol. The standard InChI is InChI=1S/C11H18N2O4/c1-6(2)3-8(11(16)17)13-5-7(10(12)15)4-9(13)14/h6-8H,3-5H2,1-2H3,(H2,12,15)(H,16,17)/t7?,8-/m0/s1. The Balaban J connectivity index is 2.78. The van der Waals surface area contributed by atoms with Crippen LogP contribution in [0.25, 0.3) is 0 Å². The van der Waals surface area contributed by atoms with Crippen LogP contribution < -0.4 is 5.73 Å². The Morgan fingerprint density at radius 3 is 2.47 bits per heavy atom. The number of hydrogen-bond donors (Lipinski definition) is 2. The number of primary amides is 1. The van der Waals surface area contributed by atoms with Crippen LogP contribution in [0.15, 0.2) is 0 Å². The van der Waals surface area contributed by atoms with Gasteiger partial charge in [0.15, 0.2) is 0 Å². The quantitative estimate of drug-likeness (QED) is 0.698. The van der Waals surface area contributed by atoms with Crippen molar-refractivity contribution in [2.24, 2.45) is 17.6 Å². The van der Waals surface area contributed by atoms with E-state index in [0.717, 1.165) is 0 Å². The third-order valence-corrected chi connectivity index (χ3v) is 2.92. The Morgan fingerprint density at radius 1 is 1.53 bits per heavy atom. The van der Waals surface area contributed by atoms with Gasteiger partial charge in [-0.2, -0.15) is 0 Å². The zero-order valence-corrected chi connectivity index (χ0v) is 10.0. The number of aliphatic carboxylic acids is 1. The molecule has 0 aliphatic carbocycles. The molecule has 3 N–H and O–H groups in total. The van der Waals surface area contributed by atoms with Crippen LogP contribution in [-0.4, -0.2) is 40.4 Å². The molecule has 1 saturated heterocycles. The number of carbonyl (C=O) groups excluding carboxylic acids is 2. The molecule has 0 saturated carbocycles. The normalized spacial score (nSPS) is 21.9. The monoisotopic (exact) mass is 242 g/mol. The first-order chi connectivity index (χ1) is 7.82. The number of carboxylic acids is 1. The Labute approximate surface area is 99.8 Å². The van der Waals surface area contributed by atoms with E-state index < -0.39 is 23.8 Å². The highest BCUT2D eigenvalue weighted by Gasteiger charge is 2.39. The molecule has 0 radical (unpaired) electrons. The highest BCUT2D eigenvalue weighted by Crippen LogP contribution is 2.23. The minimum Gasteiger partial charge on any atom is -0.480 e. The van der Waals surface area contributed by atoms with Crippen molar-refractivity contribution < 1.29 is 19.5 Å². The SMILES string of the molecule is CC(C)C[C@@H](C(=O)O)N1CC(C(N)=O)CC1=O. The molecule has 0 aromatic carbocycles. The van der Waals surface area contributed by atoms with Crippen molar-refractivity contribution in [3.8, 4) is 0 Å². The second kappa shape index (κ2) is 5.16. The van der Waals surface area contributed by atoms with E-state index in [2.05, 4.69) is 0 Å². The molecule has 0 aromatic heterocycles. The molecular formula is C11H18N2O4. The van der Waals surface area contributed by atoms with Crippen LogP contribution in [0.5, 0.6) is 0 Å². The fourth-order valence-corrected chi connectivity index (χ4v) is 2.03. The van der Waals surface area contributed by atoms with Crippen molar-refractivity contribution in [3.05, 3.63) is 0 Å². The number of nitrogens with zero attached hydrogens (tertiary/aromatic N) is 1. The highest BCUT2D eigenvalue weighted by atomic mass is 16.4. The molecule has 1 aliphatic rings. The summed E-state index contributed by atoms with van der Waals surface area (Å²) >= 11 is 0. The number of likely N-dealkylation sites (tertiary alicyclic amines) is 1. The second-order valence-corrected chi connectivity index (χ2v) is 4.83. The van der Waals surface area contributed by atoms with Gasteiger partial charge in [0.2, 0.25) is 11.8 Å². The van der Waals surface area contributed by atoms with Crippen LogP contribution >= 0.6 is 0 Å². The van der Waals surface area contributed by atoms with Crippen LogP contribution in [0.3, 0.4) is 0 Å². The van der Waals surface area contributed by atoms with Gasteiger partial charge >= 0.3 is 5.97 Å². The Bertz CT molecular complexity index is 340. The van der Waals surface area contributed by atoms with E-state index in [1.807, 2.05) is 13.8 Å². The lowest BCUT2D eigenvalue weighted by atomic mass is 10.0. The average molecular weight is 242 g/mol. The van der Waals surface area contributed by atoms with Gasteiger partial charge < -0.3 is 15.7 Å². The fraction of sp³-hybridized carbons (Fsp3) is 0.727. The van der Waals surface area contributed by atoms with Gasteiger partial charge in [-0.15, -0.1) is 0 Å². The fourth-order valence-electron chi connectivity index (χ4n) is 2.03. The summed E-state index contributed by atoms with van der Waals surface area (Å²) in [4.78, 5) is 35.1. The number of rotatable bonds is 5. The Kier molecular flexibility index (Phi) is 4.09. The van der Waals surface area contributed by atoms with Crippen molar-refractivity contribution in [1.29, 1.82) is 0 Å². The minimum absolute atomic E-state index is 0.0250. The van der Waals surface area contributed by atoms with Gasteiger partial charge in [0.1, 0.15) is 6.04 Å². The lowest BCUT2D eigenvalue weighted by Crippen LogP contribution is -2.43. The molecule has 1 fully saturated rings. The maximum Gasteiger partial charge on any atom is 0.326 e. The number of carboxylic acid groups (broad SMARTS) is 1. The molecule has 2 atom stereocenters. The summed E-state index contributed by atoms with van der Waals surface area (Å²) < 4.78 is 0. The van der Waals surface area contributed by atoms with Crippen LogP contribution in [0, 0.1) is 11.8 Å². The first-order valence-electron chi connectivity index (χ1n) is 5.64. The molecular weight excluding hydrogens is 224 g/mol. The number of carbonyl (C=O) groups is 3. The molecule has 0 spiro atoms. The van der Waals surface area contributed by atoms with Crippen molar-refractivity contribution in [1.82, 2.24) is 4.90 Å². The molecule has 6 nitrogen and oxygen atoms in total. The third-order valence-electron chi connectivity index (χ3n) is 2.92. The highest BCUT2D eigenvalue weighted by molar-refractivity contribution is 5.91. The molecule has 1 unspecified atom stereocenters. The maximum atomic E-state index is 11.7. The molecule has 0 bridgehead atoms. The number of nitrogens with two attached hydrogens (primary N) is 1. The minimum atomic E-state index is -1.03. The van der Waals surface area contributed by atoms with Crippen molar-refractivity contribution in [2.45, 2.75) is 32.7 Å². The van der Waals surface area contributed by atoms with Crippen molar-refractivity contribution >= 4 is 17.8 Å². The van der Waals surface area contributed by atoms with E-state index in [-0.39, 0.29) is 24.8 Å². The summed E-state index contributed by atoms with van der Waals surface area (Å²) in [6.45, 7) is 3.90. The molecule has 0 aromatic rings. The lowest BCUT2D eigenvalue weighted by Gasteiger charge is -2.25. The maximum absolute atomic E-state index is 11.7. The van der Waals surface area contributed by atoms with Crippen LogP contribution in [-0.2, 0) is 14.4 Å². The van der Waals surface area contributed by atoms with Gasteiger partial charge in [-0.1, -0.05) is 13.8 Å². The third kappa shape index (κ3) is 3.18. The zero-order chi connectivity index (χ0) is 13.2. The van der Waals surface area contributed by atoms with Crippen molar-refractivity contribution in [3.63, 3.8) is 0 Å². The summed E-state index contributed by atoms with van der Waals surface area (Å²) in [6, 6.07) is -0.855. The topological polar surface area (TPSA) is 101 Å². The largest absolute Gasteiger partial charge is 0.480 e. The molecule has 1 aliphatic heterocycles. The number of hydrogen-bond acceptors (Lipinski definition) is 3. The van der Waals surface area contributed by atoms with E-state index >= 15 is 0 Å². The Hall–Kier alpha value is -1.59. The first-order valence-corrected chi connectivity index (χ1v) is 5.64. The van der Waals surface area contributed by atoms with Gasteiger partial charge in [0.25, 0.3) is 0 Å². The smallest absolute Gasteiger partial charge is 0.326 e. The summed E-state index contributed by atoms with van der Waals surface area (Å²) in [5.41, 5.74) is 5.13. The van der Waals surface area contributed by atoms with Crippen LogP contribution in [0.1, 0.15) is 26.7 Å². The predicted octanol–water partition coefficient (Wildman–Crippen LogP) is -0.180. The molecule has 96 valence electrons. The Morgan fingerprint density at radius 2 is 2.12 bits per heavy atom. The van der Waals surface area contributed by atoms with Gasteiger partial charge in [0, 0.05) is 13.0 Å². The lowest BCUT2D eigenvalue weighted by molar-refractivity contribution is -0.149. The van der Waals surface area contributed by atoms with Gasteiger partial charge in [-0.25, -0.2) is 4.79 Å². The van der Waals surface area contributed by atoms with Crippen LogP contribution in [0.2, 0.25) is 0 Å². The summed E-state index contributed by atoms with van der Waals surface area (Å²) in [7, 11) is 0. The van der Waals surface area contributed by atoms with Gasteiger partial charge in [-0.3, -0.25) is 9.59 Å². The van der Waals surface area contributed by atoms with Gasteiger partial charge in [-0.05, 0) is 12.3 Å². The van der Waals surface area contributed by atoms with E-state index in [9.17, 15) is 14.4 Å². The molecule has 2 amide bonds. The molecule has 17 heavy (non-hydrogen) atoms. The molecule has 1 heterocycles. The first kappa shape index (κ1) is 13.5. The van der Waals surface area contributed by atoms with E-state index in [1.54, 1.807) is 0 Å². The summed E-state index contributed by atoms with van der Waals surface area (Å²) in [6.07, 6.45) is 0.407. The zero-order valence-electron chi connectivity index (χ0n) is 10.0. The summed E-state index contributed by atoms with van der Waals surface area (Å²) in [5.74, 6) is -2.28. The van der Waals surface area contributed by atoms with E-state index in [1.165, 1.54) is 4.90 Å². The van der Waals surface area contributed by atoms with Gasteiger partial charge in [0.05, 0.1) is 5.92 Å². The average Bonchev–Trinajstić information content (AvgIpc) is 2.56. The summed E-state index contributed by atoms with van der Waals surface area (Å²) in [5, 5.41) is 9.12. The molecule has 6 heteroatoms.